The number of aromatic nitrogens is 4. The van der Waals surface area contributed by atoms with Gasteiger partial charge in [0.05, 0.1) is 23.1 Å². The number of hydrogen-bond donors (Lipinski definition) is 2. The van der Waals surface area contributed by atoms with Gasteiger partial charge in [-0.15, -0.1) is 0 Å². The van der Waals surface area contributed by atoms with E-state index in [2.05, 4.69) is 10.1 Å². The van der Waals surface area contributed by atoms with E-state index < -0.39 is 6.10 Å². The minimum Gasteiger partial charge on any atom is -0.384 e. The van der Waals surface area contributed by atoms with Gasteiger partial charge >= 0.3 is 0 Å². The molecule has 1 amide bonds. The fourth-order valence-electron chi connectivity index (χ4n) is 5.44. The van der Waals surface area contributed by atoms with Crippen LogP contribution in [0.2, 0.25) is 0 Å². The summed E-state index contributed by atoms with van der Waals surface area (Å²) in [7, 11) is 1.74. The van der Waals surface area contributed by atoms with E-state index in [1.807, 2.05) is 42.5 Å². The van der Waals surface area contributed by atoms with E-state index in [4.69, 9.17) is 10.7 Å². The highest BCUT2D eigenvalue weighted by molar-refractivity contribution is 6.00. The molecule has 1 aromatic carbocycles. The van der Waals surface area contributed by atoms with Gasteiger partial charge in [0, 0.05) is 41.9 Å². The first-order chi connectivity index (χ1) is 18.3. The Hall–Kier alpha value is -4.11. The van der Waals surface area contributed by atoms with Crippen LogP contribution in [-0.2, 0) is 4.79 Å². The number of nitrogens with two attached hydrogens (primary N) is 1. The second-order valence-corrected chi connectivity index (χ2v) is 10.0. The van der Waals surface area contributed by atoms with Crippen molar-refractivity contribution in [2.45, 2.75) is 57.6 Å². The minimum absolute atomic E-state index is 0.0221. The molecule has 9 heteroatoms. The standard InChI is InChI=1S/C29H32N6O3/c1-17(36)25-26(20-9-12-22(13-10-20)34(3)29(38)18(2)37)33-28-23(16-32-35(28)27(25)30)21-11-14-24(31-15-21)19-7-5-4-6-8-19/h4-8,11,14-16,18,20,22,37H,9-10,12-13,30H2,1-3H3/t18-,20?,22?/m1/s1. The van der Waals surface area contributed by atoms with Gasteiger partial charge in [-0.2, -0.15) is 9.61 Å². The minimum atomic E-state index is -1.03. The number of carbonyl (C=O) groups excluding carboxylic acids is 2. The lowest BCUT2D eigenvalue weighted by Crippen LogP contribution is -2.43. The van der Waals surface area contributed by atoms with Crippen LogP contribution in [-0.4, -0.2) is 60.5 Å². The topological polar surface area (TPSA) is 127 Å². The molecular formula is C29H32N6O3. The van der Waals surface area contributed by atoms with Crippen LogP contribution in [0.25, 0.3) is 28.0 Å². The molecule has 1 aliphatic carbocycles. The quantitative estimate of drug-likeness (QED) is 0.372. The Kier molecular flexibility index (Phi) is 6.94. The number of nitrogen functional groups attached to an aromatic ring is 1. The third-order valence-corrected chi connectivity index (χ3v) is 7.54. The first-order valence-corrected chi connectivity index (χ1v) is 12.9. The molecule has 1 fully saturated rings. The lowest BCUT2D eigenvalue weighted by atomic mass is 9.81. The lowest BCUT2D eigenvalue weighted by Gasteiger charge is -2.35. The van der Waals surface area contributed by atoms with Crippen molar-refractivity contribution >= 4 is 23.2 Å². The zero-order valence-corrected chi connectivity index (χ0v) is 21.8. The first-order valence-electron chi connectivity index (χ1n) is 12.9. The fraction of sp³-hybridized carbons (Fsp3) is 0.345. The number of nitrogens with zero attached hydrogens (tertiary/aromatic N) is 5. The van der Waals surface area contributed by atoms with Gasteiger partial charge in [-0.3, -0.25) is 14.6 Å². The Balaban J connectivity index is 1.48. The number of ketones is 1. The highest BCUT2D eigenvalue weighted by Crippen LogP contribution is 2.38. The average molecular weight is 513 g/mol. The van der Waals surface area contributed by atoms with E-state index in [1.54, 1.807) is 24.3 Å². The molecule has 3 heterocycles. The first kappa shape index (κ1) is 25.5. The van der Waals surface area contributed by atoms with Gasteiger partial charge in [0.2, 0.25) is 0 Å². The third kappa shape index (κ3) is 4.65. The van der Waals surface area contributed by atoms with Crippen molar-refractivity contribution < 1.29 is 14.7 Å². The van der Waals surface area contributed by atoms with E-state index in [1.165, 1.54) is 18.4 Å². The number of amides is 1. The molecule has 4 aromatic rings. The molecule has 1 saturated carbocycles. The summed E-state index contributed by atoms with van der Waals surface area (Å²) in [4.78, 5) is 36.2. The van der Waals surface area contributed by atoms with E-state index in [0.717, 1.165) is 48.1 Å². The summed E-state index contributed by atoms with van der Waals surface area (Å²) in [6, 6.07) is 14.0. The number of fused-ring (bicyclic) bond motifs is 1. The SMILES string of the molecule is CC(=O)c1c(C2CCC(N(C)C(=O)[C@@H](C)O)CC2)nc2c(-c3ccc(-c4ccccc4)nc3)cnn2c1N. The van der Waals surface area contributed by atoms with Crippen LogP contribution in [0.5, 0.6) is 0 Å². The van der Waals surface area contributed by atoms with Gasteiger partial charge in [-0.1, -0.05) is 36.4 Å². The summed E-state index contributed by atoms with van der Waals surface area (Å²) in [5, 5.41) is 14.1. The second kappa shape index (κ2) is 10.3. The molecule has 1 aliphatic rings. The highest BCUT2D eigenvalue weighted by Gasteiger charge is 2.32. The third-order valence-electron chi connectivity index (χ3n) is 7.54. The molecule has 0 spiro atoms. The molecule has 38 heavy (non-hydrogen) atoms. The number of Topliss-reactive ketones (excluding diaryl/α,β-unsaturated/α-hetero) is 1. The van der Waals surface area contributed by atoms with E-state index in [9.17, 15) is 14.7 Å². The van der Waals surface area contributed by atoms with Gasteiger partial charge in [0.15, 0.2) is 11.4 Å². The summed E-state index contributed by atoms with van der Waals surface area (Å²) in [5.41, 5.74) is 11.7. The molecule has 0 unspecified atom stereocenters. The van der Waals surface area contributed by atoms with Crippen molar-refractivity contribution in [3.8, 4) is 22.4 Å². The van der Waals surface area contributed by atoms with E-state index in [0.29, 0.717) is 16.9 Å². The molecule has 1 atom stereocenters. The van der Waals surface area contributed by atoms with Crippen LogP contribution in [0.4, 0.5) is 5.82 Å². The molecule has 3 N–H and O–H groups in total. The van der Waals surface area contributed by atoms with Crippen molar-refractivity contribution in [3.05, 3.63) is 66.1 Å². The summed E-state index contributed by atoms with van der Waals surface area (Å²) in [5.74, 6) is -0.131. The van der Waals surface area contributed by atoms with Gasteiger partial charge < -0.3 is 15.7 Å². The number of aliphatic hydroxyl groups is 1. The van der Waals surface area contributed by atoms with Crippen molar-refractivity contribution in [1.29, 1.82) is 0 Å². The van der Waals surface area contributed by atoms with Gasteiger partial charge in [-0.05, 0) is 45.6 Å². The van der Waals surface area contributed by atoms with Crippen LogP contribution in [0.15, 0.2) is 54.9 Å². The number of anilines is 1. The molecular weight excluding hydrogens is 480 g/mol. The Bertz CT molecular complexity index is 1470. The number of pyridine rings is 1. The van der Waals surface area contributed by atoms with Crippen LogP contribution < -0.4 is 5.73 Å². The van der Waals surface area contributed by atoms with Crippen molar-refractivity contribution in [2.24, 2.45) is 0 Å². The van der Waals surface area contributed by atoms with E-state index in [-0.39, 0.29) is 29.5 Å². The summed E-state index contributed by atoms with van der Waals surface area (Å²) >= 11 is 0. The Labute approximate surface area is 221 Å². The maximum absolute atomic E-state index is 12.7. The number of aliphatic hydroxyl groups excluding tert-OH is 1. The summed E-state index contributed by atoms with van der Waals surface area (Å²) in [6.45, 7) is 2.99. The number of rotatable bonds is 6. The largest absolute Gasteiger partial charge is 0.384 e. The Morgan fingerprint density at radius 1 is 1.05 bits per heavy atom. The maximum atomic E-state index is 12.7. The second-order valence-electron chi connectivity index (χ2n) is 10.0. The average Bonchev–Trinajstić information content (AvgIpc) is 3.37. The fourth-order valence-corrected chi connectivity index (χ4v) is 5.44. The molecule has 0 aliphatic heterocycles. The molecule has 0 bridgehead atoms. The zero-order chi connectivity index (χ0) is 27.0. The van der Waals surface area contributed by atoms with Gasteiger partial charge in [0.1, 0.15) is 11.9 Å². The maximum Gasteiger partial charge on any atom is 0.251 e. The number of likely N-dealkylation sites (N-methyl/N-ethyl adjacent to an activating group) is 1. The normalized spacial score (nSPS) is 18.3. The van der Waals surface area contributed by atoms with Gasteiger partial charge in [-0.25, -0.2) is 4.98 Å². The van der Waals surface area contributed by atoms with Crippen LogP contribution >= 0.6 is 0 Å². The van der Waals surface area contributed by atoms with Gasteiger partial charge in [0.25, 0.3) is 5.91 Å². The molecule has 9 nitrogen and oxygen atoms in total. The predicted octanol–water partition coefficient (Wildman–Crippen LogP) is 4.11. The smallest absolute Gasteiger partial charge is 0.251 e. The lowest BCUT2D eigenvalue weighted by molar-refractivity contribution is -0.140. The van der Waals surface area contributed by atoms with Crippen LogP contribution in [0, 0.1) is 0 Å². The summed E-state index contributed by atoms with van der Waals surface area (Å²) in [6.07, 6.45) is 5.49. The highest BCUT2D eigenvalue weighted by atomic mass is 16.3. The number of benzene rings is 1. The Morgan fingerprint density at radius 2 is 1.76 bits per heavy atom. The van der Waals surface area contributed by atoms with Crippen LogP contribution in [0.1, 0.15) is 61.5 Å². The van der Waals surface area contributed by atoms with Crippen molar-refractivity contribution in [1.82, 2.24) is 24.5 Å². The molecule has 0 saturated heterocycles. The van der Waals surface area contributed by atoms with E-state index >= 15 is 0 Å². The molecule has 3 aromatic heterocycles. The molecule has 5 rings (SSSR count). The Morgan fingerprint density at radius 3 is 2.37 bits per heavy atom. The van der Waals surface area contributed by atoms with Crippen LogP contribution in [0.3, 0.4) is 0 Å². The molecule has 196 valence electrons. The van der Waals surface area contributed by atoms with Crippen molar-refractivity contribution in [2.75, 3.05) is 12.8 Å². The summed E-state index contributed by atoms with van der Waals surface area (Å²) < 4.78 is 1.53. The van der Waals surface area contributed by atoms with Crippen molar-refractivity contribution in [3.63, 3.8) is 0 Å². The number of hydrogen-bond acceptors (Lipinski definition) is 7. The predicted molar refractivity (Wildman–Crippen MR) is 146 cm³/mol. The number of carbonyl (C=O) groups is 2. The monoisotopic (exact) mass is 512 g/mol. The molecule has 0 radical (unpaired) electrons. The zero-order valence-electron chi connectivity index (χ0n) is 21.8.